The van der Waals surface area contributed by atoms with Crippen LogP contribution in [0.2, 0.25) is 0 Å². The molecule has 1 N–H and O–H groups in total. The van der Waals surface area contributed by atoms with Gasteiger partial charge in [-0.15, -0.1) is 17.9 Å². The molecule has 138 valence electrons. The van der Waals surface area contributed by atoms with Crippen LogP contribution in [0.1, 0.15) is 16.1 Å². The fourth-order valence-electron chi connectivity index (χ4n) is 2.27. The van der Waals surface area contributed by atoms with Crippen molar-refractivity contribution in [3.8, 4) is 16.3 Å². The number of carbonyl (C=O) groups is 1. The normalized spacial score (nSPS) is 10.4. The molecule has 2 aromatic carbocycles. The van der Waals surface area contributed by atoms with Crippen LogP contribution in [0.5, 0.6) is 5.75 Å². The molecule has 0 saturated heterocycles. The summed E-state index contributed by atoms with van der Waals surface area (Å²) in [4.78, 5) is 16.2. The van der Waals surface area contributed by atoms with E-state index in [4.69, 9.17) is 4.74 Å². The molecule has 0 unspecified atom stereocenters. The lowest BCUT2D eigenvalue weighted by molar-refractivity contribution is 0.0954. The molecule has 0 fully saturated rings. The Labute approximate surface area is 159 Å². The minimum Gasteiger partial charge on any atom is -0.489 e. The minimum atomic E-state index is -0.516. The van der Waals surface area contributed by atoms with E-state index in [2.05, 4.69) is 16.9 Å². The highest BCUT2D eigenvalue weighted by atomic mass is 32.1. The Kier molecular flexibility index (Phi) is 5.93. The summed E-state index contributed by atoms with van der Waals surface area (Å²) in [6.45, 7) is 3.85. The van der Waals surface area contributed by atoms with Gasteiger partial charge in [-0.3, -0.25) is 4.79 Å². The third-order valence-electron chi connectivity index (χ3n) is 3.65. The molecule has 27 heavy (non-hydrogen) atoms. The van der Waals surface area contributed by atoms with Crippen molar-refractivity contribution in [3.63, 3.8) is 0 Å². The van der Waals surface area contributed by atoms with Crippen LogP contribution in [0.3, 0.4) is 0 Å². The molecule has 0 aliphatic carbocycles. The molecule has 3 aromatic rings. The molecule has 0 aliphatic heterocycles. The van der Waals surface area contributed by atoms with Gasteiger partial charge in [-0.1, -0.05) is 6.08 Å². The molecule has 0 atom stereocenters. The highest BCUT2D eigenvalue weighted by molar-refractivity contribution is 7.13. The number of hydrogen-bond donors (Lipinski definition) is 1. The standard InChI is InChI=1S/C20H16F2N2O2S/c1-2-9-23-19(25)18-12-27-20(24-18)13-3-6-16(7-4-13)26-11-14-10-15(21)5-8-17(14)22/h2-8,10,12H,1,9,11H2,(H,23,25). The summed E-state index contributed by atoms with van der Waals surface area (Å²) >= 11 is 1.35. The Bertz CT molecular complexity index is 955. The summed E-state index contributed by atoms with van der Waals surface area (Å²) in [6.07, 6.45) is 1.60. The molecule has 1 aromatic heterocycles. The van der Waals surface area contributed by atoms with Crippen molar-refractivity contribution in [2.24, 2.45) is 0 Å². The van der Waals surface area contributed by atoms with Crippen LogP contribution >= 0.6 is 11.3 Å². The molecule has 3 rings (SSSR count). The van der Waals surface area contributed by atoms with Gasteiger partial charge in [0.2, 0.25) is 0 Å². The fraction of sp³-hybridized carbons (Fsp3) is 0.100. The first-order chi connectivity index (χ1) is 13.1. The van der Waals surface area contributed by atoms with Crippen LogP contribution in [0, 0.1) is 11.6 Å². The van der Waals surface area contributed by atoms with Gasteiger partial charge in [0, 0.05) is 23.1 Å². The van der Waals surface area contributed by atoms with Gasteiger partial charge in [-0.2, -0.15) is 0 Å². The number of halogens is 2. The first-order valence-electron chi connectivity index (χ1n) is 8.08. The van der Waals surface area contributed by atoms with E-state index in [9.17, 15) is 13.6 Å². The number of carbonyl (C=O) groups excluding carboxylic acids is 1. The third kappa shape index (κ3) is 4.77. The molecule has 4 nitrogen and oxygen atoms in total. The van der Waals surface area contributed by atoms with Crippen molar-refractivity contribution < 1.29 is 18.3 Å². The predicted molar refractivity (Wildman–Crippen MR) is 101 cm³/mol. The van der Waals surface area contributed by atoms with Crippen molar-refractivity contribution in [1.29, 1.82) is 0 Å². The van der Waals surface area contributed by atoms with Crippen molar-refractivity contribution in [3.05, 3.63) is 83.4 Å². The van der Waals surface area contributed by atoms with E-state index in [-0.39, 0.29) is 18.1 Å². The van der Waals surface area contributed by atoms with Crippen LogP contribution in [-0.4, -0.2) is 17.4 Å². The Morgan fingerprint density at radius 2 is 2.00 bits per heavy atom. The van der Waals surface area contributed by atoms with Crippen molar-refractivity contribution in [1.82, 2.24) is 10.3 Å². The van der Waals surface area contributed by atoms with E-state index in [1.54, 1.807) is 35.7 Å². The summed E-state index contributed by atoms with van der Waals surface area (Å²) < 4.78 is 32.3. The maximum Gasteiger partial charge on any atom is 0.271 e. The van der Waals surface area contributed by atoms with Gasteiger partial charge in [0.25, 0.3) is 5.91 Å². The zero-order valence-corrected chi connectivity index (χ0v) is 15.1. The van der Waals surface area contributed by atoms with Crippen LogP contribution in [0.15, 0.2) is 60.5 Å². The first kappa shape index (κ1) is 18.7. The molecule has 1 heterocycles. The largest absolute Gasteiger partial charge is 0.489 e. The van der Waals surface area contributed by atoms with Gasteiger partial charge in [-0.05, 0) is 42.5 Å². The molecular formula is C20H16F2N2O2S. The SMILES string of the molecule is C=CCNC(=O)c1csc(-c2ccc(OCc3cc(F)ccc3F)cc2)n1. The number of nitrogens with zero attached hydrogens (tertiary/aromatic N) is 1. The summed E-state index contributed by atoms with van der Waals surface area (Å²) in [7, 11) is 0. The summed E-state index contributed by atoms with van der Waals surface area (Å²) in [5.41, 5.74) is 1.32. The minimum absolute atomic E-state index is 0.0756. The smallest absolute Gasteiger partial charge is 0.271 e. The van der Waals surface area contributed by atoms with E-state index in [1.165, 1.54) is 11.3 Å². The molecule has 0 saturated carbocycles. The lowest BCUT2D eigenvalue weighted by Gasteiger charge is -2.08. The Morgan fingerprint density at radius 3 is 2.74 bits per heavy atom. The van der Waals surface area contributed by atoms with E-state index < -0.39 is 11.6 Å². The summed E-state index contributed by atoms with van der Waals surface area (Å²) in [5.74, 6) is -0.766. The van der Waals surface area contributed by atoms with Gasteiger partial charge in [0.05, 0.1) is 0 Å². The molecule has 0 radical (unpaired) electrons. The predicted octanol–water partition coefficient (Wildman–Crippen LogP) is 4.58. The third-order valence-corrected chi connectivity index (χ3v) is 4.54. The van der Waals surface area contributed by atoms with E-state index >= 15 is 0 Å². The van der Waals surface area contributed by atoms with E-state index in [1.807, 2.05) is 0 Å². The average Bonchev–Trinajstić information content (AvgIpc) is 3.17. The summed E-state index contributed by atoms with van der Waals surface area (Å²) in [5, 5.41) is 5.05. The van der Waals surface area contributed by atoms with Crippen LogP contribution < -0.4 is 10.1 Å². The lowest BCUT2D eigenvalue weighted by atomic mass is 10.2. The molecule has 0 spiro atoms. The number of nitrogens with one attached hydrogen (secondary N) is 1. The van der Waals surface area contributed by atoms with Gasteiger partial charge in [0.15, 0.2) is 0 Å². The van der Waals surface area contributed by atoms with Gasteiger partial charge in [-0.25, -0.2) is 13.8 Å². The molecule has 0 bridgehead atoms. The second-order valence-corrected chi connectivity index (χ2v) is 6.44. The average molecular weight is 386 g/mol. The number of aromatic nitrogens is 1. The highest BCUT2D eigenvalue weighted by Gasteiger charge is 2.11. The number of benzene rings is 2. The van der Waals surface area contributed by atoms with Crippen molar-refractivity contribution in [2.75, 3.05) is 6.54 Å². The number of rotatable bonds is 7. The zero-order chi connectivity index (χ0) is 19.2. The lowest BCUT2D eigenvalue weighted by Crippen LogP contribution is -2.23. The second-order valence-electron chi connectivity index (χ2n) is 5.59. The number of ether oxygens (including phenoxy) is 1. The Hall–Kier alpha value is -3.06. The number of hydrogen-bond acceptors (Lipinski definition) is 4. The topological polar surface area (TPSA) is 51.2 Å². The van der Waals surface area contributed by atoms with Crippen LogP contribution in [-0.2, 0) is 6.61 Å². The summed E-state index contributed by atoms with van der Waals surface area (Å²) in [6, 6.07) is 10.3. The molecular weight excluding hydrogens is 370 g/mol. The van der Waals surface area contributed by atoms with Gasteiger partial charge >= 0.3 is 0 Å². The molecule has 1 amide bonds. The number of thiazole rings is 1. The zero-order valence-electron chi connectivity index (χ0n) is 14.2. The molecule has 7 heteroatoms. The maximum absolute atomic E-state index is 13.6. The number of amides is 1. The van der Waals surface area contributed by atoms with Gasteiger partial charge < -0.3 is 10.1 Å². The Balaban J connectivity index is 1.65. The first-order valence-corrected chi connectivity index (χ1v) is 8.96. The van der Waals surface area contributed by atoms with Crippen molar-refractivity contribution in [2.45, 2.75) is 6.61 Å². The second kappa shape index (κ2) is 8.55. The van der Waals surface area contributed by atoms with Crippen LogP contribution in [0.25, 0.3) is 10.6 Å². The highest BCUT2D eigenvalue weighted by Crippen LogP contribution is 2.26. The fourth-order valence-corrected chi connectivity index (χ4v) is 3.08. The Morgan fingerprint density at radius 1 is 1.22 bits per heavy atom. The quantitative estimate of drug-likeness (QED) is 0.605. The van der Waals surface area contributed by atoms with E-state index in [0.29, 0.717) is 23.0 Å². The van der Waals surface area contributed by atoms with E-state index in [0.717, 1.165) is 23.8 Å². The van der Waals surface area contributed by atoms with Crippen LogP contribution in [0.4, 0.5) is 8.78 Å². The van der Waals surface area contributed by atoms with Gasteiger partial charge in [0.1, 0.15) is 34.7 Å². The van der Waals surface area contributed by atoms with Crippen molar-refractivity contribution >= 4 is 17.2 Å². The maximum atomic E-state index is 13.6. The molecule has 0 aliphatic rings. The monoisotopic (exact) mass is 386 g/mol.